The van der Waals surface area contributed by atoms with E-state index in [9.17, 15) is 4.79 Å². The van der Waals surface area contributed by atoms with E-state index in [2.05, 4.69) is 25.8 Å². The van der Waals surface area contributed by atoms with Gasteiger partial charge >= 0.3 is 6.01 Å². The normalized spacial score (nSPS) is 16.6. The van der Waals surface area contributed by atoms with Gasteiger partial charge in [-0.05, 0) is 6.07 Å². The van der Waals surface area contributed by atoms with Crippen LogP contribution in [-0.4, -0.2) is 28.0 Å². The Morgan fingerprint density at radius 2 is 1.83 bits per heavy atom. The molecular weight excluding hydrogens is 306 g/mol. The molecule has 0 saturated carbocycles. The quantitative estimate of drug-likeness (QED) is 0.773. The molecule has 0 radical (unpaired) electrons. The number of para-hydroxylation sites is 1. The summed E-state index contributed by atoms with van der Waals surface area (Å²) in [5.41, 5.74) is 3.19. The highest BCUT2D eigenvalue weighted by Crippen LogP contribution is 2.24. The SMILES string of the molecule is O=C1Nc2ccccc2C(c2ccccc2)=NC1Nc1nnco1. The van der Waals surface area contributed by atoms with E-state index in [-0.39, 0.29) is 11.9 Å². The molecule has 7 nitrogen and oxygen atoms in total. The first-order valence-electron chi connectivity index (χ1n) is 7.37. The van der Waals surface area contributed by atoms with E-state index in [4.69, 9.17) is 4.42 Å². The molecule has 24 heavy (non-hydrogen) atoms. The highest BCUT2D eigenvalue weighted by Gasteiger charge is 2.26. The van der Waals surface area contributed by atoms with Gasteiger partial charge in [-0.3, -0.25) is 4.79 Å². The topological polar surface area (TPSA) is 92.4 Å². The van der Waals surface area contributed by atoms with Gasteiger partial charge in [0.25, 0.3) is 5.91 Å². The molecule has 1 atom stereocenters. The van der Waals surface area contributed by atoms with Gasteiger partial charge in [0, 0.05) is 11.1 Å². The highest BCUT2D eigenvalue weighted by molar-refractivity contribution is 6.19. The third-order valence-corrected chi connectivity index (χ3v) is 3.61. The minimum absolute atomic E-state index is 0.136. The van der Waals surface area contributed by atoms with Crippen molar-refractivity contribution in [2.24, 2.45) is 4.99 Å². The van der Waals surface area contributed by atoms with E-state index in [0.717, 1.165) is 11.1 Å². The Morgan fingerprint density at radius 1 is 1.04 bits per heavy atom. The van der Waals surface area contributed by atoms with Gasteiger partial charge in [0.1, 0.15) is 0 Å². The lowest BCUT2D eigenvalue weighted by Gasteiger charge is -2.11. The number of aliphatic imine (C=N–C) groups is 1. The van der Waals surface area contributed by atoms with Crippen molar-refractivity contribution in [3.8, 4) is 0 Å². The van der Waals surface area contributed by atoms with Crippen molar-refractivity contribution in [1.82, 2.24) is 10.2 Å². The number of nitrogens with one attached hydrogen (secondary N) is 2. The van der Waals surface area contributed by atoms with Crippen molar-refractivity contribution >= 4 is 23.3 Å². The summed E-state index contributed by atoms with van der Waals surface area (Å²) in [5, 5.41) is 13.1. The molecule has 0 aliphatic carbocycles. The van der Waals surface area contributed by atoms with Gasteiger partial charge in [-0.15, -0.1) is 5.10 Å². The molecule has 3 aromatic rings. The minimum Gasteiger partial charge on any atom is -0.411 e. The largest absolute Gasteiger partial charge is 0.411 e. The van der Waals surface area contributed by atoms with Crippen LogP contribution in [0.5, 0.6) is 0 Å². The molecule has 0 bridgehead atoms. The molecule has 2 heterocycles. The molecule has 118 valence electrons. The summed E-state index contributed by atoms with van der Waals surface area (Å²) in [4.78, 5) is 17.1. The van der Waals surface area contributed by atoms with Crippen LogP contribution in [-0.2, 0) is 4.79 Å². The van der Waals surface area contributed by atoms with Crippen molar-refractivity contribution in [1.29, 1.82) is 0 Å². The molecular formula is C17H13N5O2. The number of nitrogens with zero attached hydrogens (tertiary/aromatic N) is 3. The van der Waals surface area contributed by atoms with Crippen LogP contribution < -0.4 is 10.6 Å². The number of anilines is 2. The number of benzene rings is 2. The Labute approximate surface area is 137 Å². The summed E-state index contributed by atoms with van der Waals surface area (Å²) in [7, 11) is 0. The predicted molar refractivity (Wildman–Crippen MR) is 88.9 cm³/mol. The predicted octanol–water partition coefficient (Wildman–Crippen LogP) is 2.30. The second kappa shape index (κ2) is 5.96. The molecule has 1 unspecified atom stereocenters. The molecule has 0 fully saturated rings. The lowest BCUT2D eigenvalue weighted by Crippen LogP contribution is -2.32. The zero-order valence-corrected chi connectivity index (χ0v) is 12.5. The van der Waals surface area contributed by atoms with Crippen LogP contribution in [0.4, 0.5) is 11.7 Å². The number of carbonyl (C=O) groups is 1. The fourth-order valence-corrected chi connectivity index (χ4v) is 2.53. The number of hydrogen-bond donors (Lipinski definition) is 2. The number of benzodiazepines with no additional fused rings is 1. The minimum atomic E-state index is -0.881. The molecule has 1 aromatic heterocycles. The Hall–Kier alpha value is -3.48. The Morgan fingerprint density at radius 3 is 2.62 bits per heavy atom. The molecule has 1 aliphatic rings. The summed E-state index contributed by atoms with van der Waals surface area (Å²) in [5.74, 6) is -0.299. The van der Waals surface area contributed by atoms with Crippen molar-refractivity contribution in [2.75, 3.05) is 10.6 Å². The van der Waals surface area contributed by atoms with Gasteiger partial charge in [0.15, 0.2) is 0 Å². The molecule has 1 amide bonds. The van der Waals surface area contributed by atoms with Crippen LogP contribution in [0.1, 0.15) is 11.1 Å². The summed E-state index contributed by atoms with van der Waals surface area (Å²) in [6.45, 7) is 0. The van der Waals surface area contributed by atoms with Crippen molar-refractivity contribution in [3.63, 3.8) is 0 Å². The second-order valence-electron chi connectivity index (χ2n) is 5.17. The molecule has 7 heteroatoms. The molecule has 2 aromatic carbocycles. The summed E-state index contributed by atoms with van der Waals surface area (Å²) >= 11 is 0. The third-order valence-electron chi connectivity index (χ3n) is 3.61. The maximum absolute atomic E-state index is 12.5. The number of amides is 1. The molecule has 0 saturated heterocycles. The number of aromatic nitrogens is 2. The van der Waals surface area contributed by atoms with E-state index >= 15 is 0 Å². The summed E-state index contributed by atoms with van der Waals surface area (Å²) < 4.78 is 5.06. The number of rotatable bonds is 3. The summed E-state index contributed by atoms with van der Waals surface area (Å²) in [6, 6.07) is 17.4. The first kappa shape index (κ1) is 14.1. The fourth-order valence-electron chi connectivity index (χ4n) is 2.53. The van der Waals surface area contributed by atoms with E-state index in [1.54, 1.807) is 0 Å². The lowest BCUT2D eigenvalue weighted by molar-refractivity contribution is -0.116. The molecule has 1 aliphatic heterocycles. The van der Waals surface area contributed by atoms with E-state index in [0.29, 0.717) is 11.4 Å². The van der Waals surface area contributed by atoms with E-state index in [1.165, 1.54) is 6.39 Å². The fraction of sp³-hybridized carbons (Fsp3) is 0.0588. The Kier molecular flexibility index (Phi) is 3.51. The van der Waals surface area contributed by atoms with Gasteiger partial charge in [-0.1, -0.05) is 53.6 Å². The van der Waals surface area contributed by atoms with Crippen LogP contribution >= 0.6 is 0 Å². The summed E-state index contributed by atoms with van der Waals surface area (Å²) in [6.07, 6.45) is 0.307. The highest BCUT2D eigenvalue weighted by atomic mass is 16.4. The molecule has 2 N–H and O–H groups in total. The van der Waals surface area contributed by atoms with E-state index in [1.807, 2.05) is 54.6 Å². The van der Waals surface area contributed by atoms with Gasteiger partial charge in [0.2, 0.25) is 12.6 Å². The first-order chi connectivity index (χ1) is 11.8. The van der Waals surface area contributed by atoms with Crippen molar-refractivity contribution in [3.05, 3.63) is 72.1 Å². The first-order valence-corrected chi connectivity index (χ1v) is 7.37. The average molecular weight is 319 g/mol. The standard InChI is InChI=1S/C17H13N5O2/c23-16-15(21-17-22-18-10-24-17)20-14(11-6-2-1-3-7-11)12-8-4-5-9-13(12)19-16/h1-10,15H,(H,19,23)(H,21,22). The lowest BCUT2D eigenvalue weighted by atomic mass is 10.0. The maximum atomic E-state index is 12.5. The second-order valence-corrected chi connectivity index (χ2v) is 5.17. The van der Waals surface area contributed by atoms with Gasteiger partial charge in [0.05, 0.1) is 11.4 Å². The van der Waals surface area contributed by atoms with Gasteiger partial charge < -0.3 is 15.1 Å². The van der Waals surface area contributed by atoms with Crippen LogP contribution in [0.15, 0.2) is 70.4 Å². The van der Waals surface area contributed by atoms with E-state index < -0.39 is 6.17 Å². The molecule has 0 spiro atoms. The van der Waals surface area contributed by atoms with Crippen molar-refractivity contribution < 1.29 is 9.21 Å². The van der Waals surface area contributed by atoms with Crippen LogP contribution in [0, 0.1) is 0 Å². The number of fused-ring (bicyclic) bond motifs is 1. The number of carbonyl (C=O) groups excluding carboxylic acids is 1. The van der Waals surface area contributed by atoms with Crippen LogP contribution in [0.2, 0.25) is 0 Å². The van der Waals surface area contributed by atoms with Crippen molar-refractivity contribution in [2.45, 2.75) is 6.17 Å². The molecule has 4 rings (SSSR count). The number of hydrogen-bond acceptors (Lipinski definition) is 6. The van der Waals surface area contributed by atoms with Crippen LogP contribution in [0.3, 0.4) is 0 Å². The third kappa shape index (κ3) is 2.63. The monoisotopic (exact) mass is 319 g/mol. The van der Waals surface area contributed by atoms with Crippen LogP contribution in [0.25, 0.3) is 0 Å². The average Bonchev–Trinajstić information content (AvgIpc) is 3.08. The zero-order chi connectivity index (χ0) is 16.4. The Balaban J connectivity index is 1.82. The van der Waals surface area contributed by atoms with Gasteiger partial charge in [-0.25, -0.2) is 4.99 Å². The maximum Gasteiger partial charge on any atom is 0.317 e. The smallest absolute Gasteiger partial charge is 0.317 e. The van der Waals surface area contributed by atoms with Gasteiger partial charge in [-0.2, -0.15) is 0 Å². The Bertz CT molecular complexity index is 890. The zero-order valence-electron chi connectivity index (χ0n) is 12.5.